The normalized spacial score (nSPS) is 10.6. The molecule has 0 saturated heterocycles. The summed E-state index contributed by atoms with van der Waals surface area (Å²) in [6.45, 7) is 2.80. The molecule has 0 aliphatic heterocycles. The third kappa shape index (κ3) is 4.02. The summed E-state index contributed by atoms with van der Waals surface area (Å²) in [4.78, 5) is 47.5. The number of nitro groups is 1. The van der Waals surface area contributed by atoms with E-state index in [4.69, 9.17) is 4.74 Å². The van der Waals surface area contributed by atoms with Gasteiger partial charge in [-0.2, -0.15) is 5.10 Å². The first-order valence-corrected chi connectivity index (χ1v) is 8.87. The lowest BCUT2D eigenvalue weighted by Crippen LogP contribution is -2.26. The Kier molecular flexibility index (Phi) is 5.58. The molecule has 1 heterocycles. The van der Waals surface area contributed by atoms with Crippen molar-refractivity contribution in [2.24, 2.45) is 7.05 Å². The Labute approximate surface area is 170 Å². The van der Waals surface area contributed by atoms with E-state index in [2.05, 4.69) is 10.4 Å². The first-order valence-electron chi connectivity index (χ1n) is 8.87. The van der Waals surface area contributed by atoms with E-state index >= 15 is 0 Å². The number of benzene rings is 2. The minimum atomic E-state index is -0.897. The quantitative estimate of drug-likeness (QED) is 0.387. The number of aryl methyl sites for hydroxylation is 3. The standard InChI is InChI=1S/C20H18N4O6/c1-11-8-15(16(24(28)29)9-12(11)2)21-17(25)10-30-20(27)18-13-6-4-5-7-14(13)19(26)23(3)22-18/h4-9H,10H2,1-3H3,(H,21,25). The molecule has 1 amide bonds. The van der Waals surface area contributed by atoms with Gasteiger partial charge >= 0.3 is 5.97 Å². The molecule has 0 saturated carbocycles. The zero-order valence-electron chi connectivity index (χ0n) is 16.5. The summed E-state index contributed by atoms with van der Waals surface area (Å²) in [6.07, 6.45) is 0. The second-order valence-electron chi connectivity index (χ2n) is 6.66. The molecule has 154 valence electrons. The summed E-state index contributed by atoms with van der Waals surface area (Å²) in [5, 5.41) is 18.1. The monoisotopic (exact) mass is 410 g/mol. The average molecular weight is 410 g/mol. The number of fused-ring (bicyclic) bond motifs is 1. The Morgan fingerprint density at radius 3 is 2.47 bits per heavy atom. The maximum absolute atomic E-state index is 12.5. The van der Waals surface area contributed by atoms with Crippen LogP contribution in [0.2, 0.25) is 0 Å². The van der Waals surface area contributed by atoms with Gasteiger partial charge in [0.2, 0.25) is 0 Å². The summed E-state index contributed by atoms with van der Waals surface area (Å²) < 4.78 is 6.03. The first-order chi connectivity index (χ1) is 14.2. The number of carbonyl (C=O) groups excluding carboxylic acids is 2. The molecule has 3 rings (SSSR count). The third-order valence-electron chi connectivity index (χ3n) is 4.57. The highest BCUT2D eigenvalue weighted by Gasteiger charge is 2.20. The molecule has 10 heteroatoms. The molecule has 0 bridgehead atoms. The summed E-state index contributed by atoms with van der Waals surface area (Å²) in [5.41, 5.74) is 0.727. The van der Waals surface area contributed by atoms with E-state index < -0.39 is 23.4 Å². The predicted molar refractivity (Wildman–Crippen MR) is 108 cm³/mol. The van der Waals surface area contributed by atoms with E-state index in [0.29, 0.717) is 10.9 Å². The van der Waals surface area contributed by atoms with Crippen molar-refractivity contribution in [3.63, 3.8) is 0 Å². The lowest BCUT2D eigenvalue weighted by atomic mass is 10.1. The Hall–Kier alpha value is -4.08. The number of aromatic nitrogens is 2. The lowest BCUT2D eigenvalue weighted by Gasteiger charge is -2.10. The number of hydrogen-bond donors (Lipinski definition) is 1. The molecule has 0 aliphatic carbocycles. The molecule has 0 atom stereocenters. The van der Waals surface area contributed by atoms with E-state index in [1.165, 1.54) is 19.2 Å². The van der Waals surface area contributed by atoms with Gasteiger partial charge in [-0.1, -0.05) is 18.2 Å². The van der Waals surface area contributed by atoms with Crippen LogP contribution in [0.1, 0.15) is 21.6 Å². The molecule has 0 aliphatic rings. The molecule has 10 nitrogen and oxygen atoms in total. The van der Waals surface area contributed by atoms with Crippen LogP contribution < -0.4 is 10.9 Å². The minimum absolute atomic E-state index is 0.00910. The van der Waals surface area contributed by atoms with E-state index in [1.807, 2.05) is 0 Å². The molecule has 0 unspecified atom stereocenters. The topological polar surface area (TPSA) is 133 Å². The highest BCUT2D eigenvalue weighted by molar-refractivity contribution is 6.03. The Morgan fingerprint density at radius 2 is 1.80 bits per heavy atom. The van der Waals surface area contributed by atoms with Gasteiger partial charge in [0.15, 0.2) is 12.3 Å². The number of nitro benzene ring substituents is 1. The van der Waals surface area contributed by atoms with Gasteiger partial charge in [0.05, 0.1) is 10.3 Å². The van der Waals surface area contributed by atoms with Crippen molar-refractivity contribution >= 4 is 34.0 Å². The number of anilines is 1. The fourth-order valence-electron chi connectivity index (χ4n) is 2.89. The van der Waals surface area contributed by atoms with E-state index in [1.54, 1.807) is 38.1 Å². The maximum atomic E-state index is 12.5. The minimum Gasteiger partial charge on any atom is -0.451 e. The molecule has 0 fully saturated rings. The number of nitrogens with zero attached hydrogens (tertiary/aromatic N) is 3. The molecule has 2 aromatic carbocycles. The van der Waals surface area contributed by atoms with Crippen LogP contribution in [-0.4, -0.2) is 33.2 Å². The largest absolute Gasteiger partial charge is 0.451 e. The maximum Gasteiger partial charge on any atom is 0.359 e. The number of esters is 1. The van der Waals surface area contributed by atoms with Crippen LogP contribution in [-0.2, 0) is 16.6 Å². The van der Waals surface area contributed by atoms with Gasteiger partial charge in [0, 0.05) is 18.5 Å². The number of hydrogen-bond acceptors (Lipinski definition) is 7. The van der Waals surface area contributed by atoms with Crippen LogP contribution in [0.4, 0.5) is 11.4 Å². The van der Waals surface area contributed by atoms with Crippen molar-refractivity contribution in [2.45, 2.75) is 13.8 Å². The van der Waals surface area contributed by atoms with Gasteiger partial charge in [-0.3, -0.25) is 19.7 Å². The summed E-state index contributed by atoms with van der Waals surface area (Å²) in [6, 6.07) is 9.25. The second kappa shape index (κ2) is 8.11. The van der Waals surface area contributed by atoms with Gasteiger partial charge < -0.3 is 10.1 Å². The van der Waals surface area contributed by atoms with Gasteiger partial charge in [0.1, 0.15) is 5.69 Å². The second-order valence-corrected chi connectivity index (χ2v) is 6.66. The van der Waals surface area contributed by atoms with Gasteiger partial charge in [-0.25, -0.2) is 9.48 Å². The van der Waals surface area contributed by atoms with E-state index in [9.17, 15) is 24.5 Å². The van der Waals surface area contributed by atoms with Crippen molar-refractivity contribution in [3.05, 3.63) is 73.7 Å². The number of rotatable bonds is 5. The SMILES string of the molecule is Cc1cc(NC(=O)COC(=O)c2nn(C)c(=O)c3ccccc23)c([N+](=O)[O-])cc1C. The van der Waals surface area contributed by atoms with Crippen molar-refractivity contribution in [2.75, 3.05) is 11.9 Å². The lowest BCUT2D eigenvalue weighted by molar-refractivity contribution is -0.384. The van der Waals surface area contributed by atoms with E-state index in [-0.39, 0.29) is 28.0 Å². The van der Waals surface area contributed by atoms with E-state index in [0.717, 1.165) is 10.2 Å². The fraction of sp³-hybridized carbons (Fsp3) is 0.200. The molecule has 1 N–H and O–H groups in total. The predicted octanol–water partition coefficient (Wildman–Crippen LogP) is 2.25. The third-order valence-corrected chi connectivity index (χ3v) is 4.57. The molecule has 30 heavy (non-hydrogen) atoms. The van der Waals surface area contributed by atoms with Crippen LogP contribution in [0.15, 0.2) is 41.2 Å². The summed E-state index contributed by atoms with van der Waals surface area (Å²) in [7, 11) is 1.40. The molecule has 3 aromatic rings. The zero-order valence-corrected chi connectivity index (χ0v) is 16.5. The molecule has 0 spiro atoms. The molecular formula is C20H18N4O6. The average Bonchev–Trinajstić information content (AvgIpc) is 2.71. The number of amides is 1. The first kappa shape index (κ1) is 20.6. The Morgan fingerprint density at radius 1 is 1.17 bits per heavy atom. The van der Waals surface area contributed by atoms with Gasteiger partial charge in [0.25, 0.3) is 17.2 Å². The highest BCUT2D eigenvalue weighted by Crippen LogP contribution is 2.27. The van der Waals surface area contributed by atoms with Crippen LogP contribution in [0, 0.1) is 24.0 Å². The van der Waals surface area contributed by atoms with Crippen LogP contribution in [0.25, 0.3) is 10.8 Å². The van der Waals surface area contributed by atoms with Crippen molar-refractivity contribution in [1.82, 2.24) is 9.78 Å². The molecule has 1 aromatic heterocycles. The van der Waals surface area contributed by atoms with Crippen molar-refractivity contribution in [1.29, 1.82) is 0 Å². The smallest absolute Gasteiger partial charge is 0.359 e. The number of nitrogens with one attached hydrogen (secondary N) is 1. The number of ether oxygens (including phenoxy) is 1. The van der Waals surface area contributed by atoms with Crippen LogP contribution in [0.5, 0.6) is 0 Å². The number of carbonyl (C=O) groups is 2. The van der Waals surface area contributed by atoms with Crippen molar-refractivity contribution in [3.8, 4) is 0 Å². The molecule has 0 radical (unpaired) electrons. The van der Waals surface area contributed by atoms with Gasteiger partial charge in [-0.05, 0) is 37.1 Å². The fourth-order valence-corrected chi connectivity index (χ4v) is 2.89. The van der Waals surface area contributed by atoms with Crippen molar-refractivity contribution < 1.29 is 19.2 Å². The Balaban J connectivity index is 1.78. The van der Waals surface area contributed by atoms with Crippen LogP contribution in [0.3, 0.4) is 0 Å². The zero-order chi connectivity index (χ0) is 22.0. The summed E-state index contributed by atoms with van der Waals surface area (Å²) in [5.74, 6) is -1.64. The van der Waals surface area contributed by atoms with Crippen LogP contribution >= 0.6 is 0 Å². The molecular weight excluding hydrogens is 392 g/mol. The summed E-state index contributed by atoms with van der Waals surface area (Å²) >= 11 is 0. The van der Waals surface area contributed by atoms with Gasteiger partial charge in [-0.15, -0.1) is 0 Å². The Bertz CT molecular complexity index is 1250. The highest BCUT2D eigenvalue weighted by atomic mass is 16.6.